The van der Waals surface area contributed by atoms with Gasteiger partial charge in [0.2, 0.25) is 0 Å². The van der Waals surface area contributed by atoms with Crippen LogP contribution in [0, 0.1) is 10.1 Å². The number of aromatic nitrogens is 1. The number of carboxylic acid groups (broad SMARTS) is 1. The summed E-state index contributed by atoms with van der Waals surface area (Å²) < 4.78 is 7.47. The predicted octanol–water partition coefficient (Wildman–Crippen LogP) is 4.27. The molecule has 8 nitrogen and oxygen atoms in total. The number of ether oxygens (including phenoxy) is 1. The quantitative estimate of drug-likeness (QED) is 0.337. The van der Waals surface area contributed by atoms with Crippen molar-refractivity contribution in [2.24, 2.45) is 0 Å². The lowest BCUT2D eigenvalue weighted by Gasteiger charge is -2.13. The average molecular weight is 421 g/mol. The van der Waals surface area contributed by atoms with Crippen LogP contribution in [0.1, 0.15) is 6.42 Å². The molecule has 0 aliphatic rings. The summed E-state index contributed by atoms with van der Waals surface area (Å²) in [5, 5.41) is 23.9. The van der Waals surface area contributed by atoms with Crippen LogP contribution in [-0.4, -0.2) is 52.7 Å². The summed E-state index contributed by atoms with van der Waals surface area (Å²) in [7, 11) is 4.04. The molecule has 8 heteroatoms. The van der Waals surface area contributed by atoms with Crippen LogP contribution >= 0.6 is 0 Å². The highest BCUT2D eigenvalue weighted by Crippen LogP contribution is 2.39. The molecule has 160 valence electrons. The van der Waals surface area contributed by atoms with Crippen LogP contribution in [-0.2, 0) is 11.3 Å². The first-order chi connectivity index (χ1) is 14.9. The molecule has 0 saturated carbocycles. The van der Waals surface area contributed by atoms with E-state index in [9.17, 15) is 14.9 Å². The average Bonchev–Trinajstić information content (AvgIpc) is 3.06. The van der Waals surface area contributed by atoms with Crippen LogP contribution < -0.4 is 4.74 Å². The molecular formula is C23H23N3O5. The summed E-state index contributed by atoms with van der Waals surface area (Å²) >= 11 is 0. The topological polar surface area (TPSA) is 97.8 Å². The minimum atomic E-state index is -1.04. The number of nitro benzene ring substituents is 1. The van der Waals surface area contributed by atoms with Gasteiger partial charge in [-0.2, -0.15) is 0 Å². The number of aliphatic carboxylic acids is 1. The maximum Gasteiger partial charge on any atom is 0.341 e. The summed E-state index contributed by atoms with van der Waals surface area (Å²) in [5.74, 6) is -0.570. The van der Waals surface area contributed by atoms with Crippen LogP contribution in [0.2, 0.25) is 0 Å². The van der Waals surface area contributed by atoms with E-state index in [1.54, 1.807) is 24.3 Å². The molecule has 4 aromatic rings. The van der Waals surface area contributed by atoms with E-state index in [0.29, 0.717) is 11.1 Å². The molecule has 0 bridgehead atoms. The van der Waals surface area contributed by atoms with Gasteiger partial charge in [0.05, 0.1) is 21.3 Å². The second-order valence-corrected chi connectivity index (χ2v) is 7.76. The fourth-order valence-corrected chi connectivity index (χ4v) is 4.10. The van der Waals surface area contributed by atoms with Crippen LogP contribution in [0.25, 0.3) is 32.6 Å². The molecule has 0 unspecified atom stereocenters. The smallest absolute Gasteiger partial charge is 0.341 e. The monoisotopic (exact) mass is 421 g/mol. The van der Waals surface area contributed by atoms with E-state index in [2.05, 4.69) is 9.47 Å². The van der Waals surface area contributed by atoms with Gasteiger partial charge in [0, 0.05) is 23.4 Å². The van der Waals surface area contributed by atoms with E-state index in [0.717, 1.165) is 46.7 Å². The molecule has 0 aliphatic heterocycles. The van der Waals surface area contributed by atoms with E-state index >= 15 is 0 Å². The highest BCUT2D eigenvalue weighted by Gasteiger charge is 2.21. The number of hydrogen-bond donors (Lipinski definition) is 1. The fraction of sp³-hybridized carbons (Fsp3) is 0.261. The number of nitrogens with zero attached hydrogens (tertiary/aromatic N) is 3. The Labute approximate surface area is 178 Å². The number of non-ortho nitro benzene ring substituents is 1. The third kappa shape index (κ3) is 3.89. The maximum absolute atomic E-state index is 11.7. The van der Waals surface area contributed by atoms with Crippen LogP contribution in [0.5, 0.6) is 5.75 Å². The zero-order valence-electron chi connectivity index (χ0n) is 17.4. The first-order valence-electron chi connectivity index (χ1n) is 9.98. The number of fused-ring (bicyclic) bond motifs is 5. The van der Waals surface area contributed by atoms with Gasteiger partial charge in [-0.3, -0.25) is 10.1 Å². The Morgan fingerprint density at radius 3 is 2.65 bits per heavy atom. The second kappa shape index (κ2) is 8.23. The lowest BCUT2D eigenvalue weighted by molar-refractivity contribution is -0.383. The second-order valence-electron chi connectivity index (χ2n) is 7.76. The number of nitro groups is 1. The van der Waals surface area contributed by atoms with E-state index in [1.165, 1.54) is 0 Å². The van der Waals surface area contributed by atoms with Crippen molar-refractivity contribution in [3.05, 3.63) is 58.6 Å². The Balaban J connectivity index is 1.95. The van der Waals surface area contributed by atoms with Gasteiger partial charge < -0.3 is 19.3 Å². The molecule has 0 radical (unpaired) electrons. The largest absolute Gasteiger partial charge is 0.482 e. The molecule has 0 atom stereocenters. The van der Waals surface area contributed by atoms with Crippen molar-refractivity contribution in [2.75, 3.05) is 27.2 Å². The predicted molar refractivity (Wildman–Crippen MR) is 120 cm³/mol. The van der Waals surface area contributed by atoms with Gasteiger partial charge in [-0.15, -0.1) is 0 Å². The summed E-state index contributed by atoms with van der Waals surface area (Å²) in [6, 6.07) is 14.4. The van der Waals surface area contributed by atoms with Gasteiger partial charge in [-0.25, -0.2) is 4.79 Å². The number of hydrogen-bond acceptors (Lipinski definition) is 5. The third-order valence-electron chi connectivity index (χ3n) is 5.36. The molecule has 1 aromatic heterocycles. The highest BCUT2D eigenvalue weighted by atomic mass is 16.6. The van der Waals surface area contributed by atoms with Crippen molar-refractivity contribution in [1.29, 1.82) is 0 Å². The minimum absolute atomic E-state index is 0.0922. The zero-order valence-corrected chi connectivity index (χ0v) is 17.4. The summed E-state index contributed by atoms with van der Waals surface area (Å²) in [4.78, 5) is 24.3. The lowest BCUT2D eigenvalue weighted by atomic mass is 10.0. The molecule has 31 heavy (non-hydrogen) atoms. The maximum atomic E-state index is 11.7. The van der Waals surface area contributed by atoms with E-state index < -0.39 is 12.6 Å². The Morgan fingerprint density at radius 1 is 1.16 bits per heavy atom. The standard InChI is InChI=1S/C23H23N3O5/c1-24(2)11-4-12-25-19-5-3-6-20(26(29)30)22(19)18-9-7-15-13-16(31-14-21(27)28)8-10-17(15)23(18)25/h3,5-10,13H,4,11-12,14H2,1-2H3,(H,27,28). The Kier molecular flexibility index (Phi) is 5.48. The molecule has 1 heterocycles. The number of rotatable bonds is 8. The minimum Gasteiger partial charge on any atom is -0.482 e. The Hall–Kier alpha value is -3.65. The Morgan fingerprint density at radius 2 is 1.94 bits per heavy atom. The van der Waals surface area contributed by atoms with Crippen molar-refractivity contribution in [3.8, 4) is 5.75 Å². The zero-order chi connectivity index (χ0) is 22.1. The van der Waals surface area contributed by atoms with Crippen molar-refractivity contribution in [3.63, 3.8) is 0 Å². The van der Waals surface area contributed by atoms with Crippen molar-refractivity contribution in [2.45, 2.75) is 13.0 Å². The first-order valence-corrected chi connectivity index (χ1v) is 9.98. The Bertz CT molecular complexity index is 1310. The summed E-state index contributed by atoms with van der Waals surface area (Å²) in [6.07, 6.45) is 0.894. The van der Waals surface area contributed by atoms with Crippen LogP contribution in [0.15, 0.2) is 48.5 Å². The number of carboxylic acids is 1. The number of aryl methyl sites for hydroxylation is 1. The van der Waals surface area contributed by atoms with Gasteiger partial charge in [0.25, 0.3) is 5.69 Å². The fourth-order valence-electron chi connectivity index (χ4n) is 4.10. The summed E-state index contributed by atoms with van der Waals surface area (Å²) in [6.45, 7) is 1.20. The normalized spacial score (nSPS) is 11.6. The van der Waals surface area contributed by atoms with Gasteiger partial charge in [0.15, 0.2) is 6.61 Å². The molecule has 0 aliphatic carbocycles. The van der Waals surface area contributed by atoms with Crippen molar-refractivity contribution in [1.82, 2.24) is 9.47 Å². The van der Waals surface area contributed by atoms with Gasteiger partial charge >= 0.3 is 5.97 Å². The van der Waals surface area contributed by atoms with E-state index in [1.807, 2.05) is 38.4 Å². The highest BCUT2D eigenvalue weighted by molar-refractivity contribution is 6.20. The molecular weight excluding hydrogens is 398 g/mol. The molecule has 0 saturated heterocycles. The molecule has 0 spiro atoms. The molecule has 4 rings (SSSR count). The van der Waals surface area contributed by atoms with Crippen molar-refractivity contribution < 1.29 is 19.6 Å². The summed E-state index contributed by atoms with van der Waals surface area (Å²) in [5.41, 5.74) is 1.86. The van der Waals surface area contributed by atoms with E-state index in [-0.39, 0.29) is 10.6 Å². The van der Waals surface area contributed by atoms with Crippen LogP contribution in [0.3, 0.4) is 0 Å². The molecule has 1 N–H and O–H groups in total. The molecule has 3 aromatic carbocycles. The van der Waals surface area contributed by atoms with Crippen LogP contribution in [0.4, 0.5) is 5.69 Å². The SMILES string of the molecule is CN(C)CCCn1c2cccc([N+](=O)[O-])c2c2ccc3cc(OCC(=O)O)ccc3c21. The van der Waals surface area contributed by atoms with E-state index in [4.69, 9.17) is 9.84 Å². The van der Waals surface area contributed by atoms with Crippen molar-refractivity contribution >= 4 is 44.2 Å². The lowest BCUT2D eigenvalue weighted by Crippen LogP contribution is -2.15. The van der Waals surface area contributed by atoms with Gasteiger partial charge in [-0.05, 0) is 56.7 Å². The van der Waals surface area contributed by atoms with Gasteiger partial charge in [-0.1, -0.05) is 18.2 Å². The third-order valence-corrected chi connectivity index (χ3v) is 5.36. The number of carbonyl (C=O) groups is 1. The number of benzene rings is 3. The van der Waals surface area contributed by atoms with Gasteiger partial charge in [0.1, 0.15) is 5.75 Å². The first kappa shape index (κ1) is 20.6. The molecule has 0 amide bonds. The molecule has 0 fully saturated rings.